The van der Waals surface area contributed by atoms with Gasteiger partial charge in [0.05, 0.1) is 40.5 Å². The van der Waals surface area contributed by atoms with Crippen LogP contribution in [-0.2, 0) is 32.6 Å². The highest BCUT2D eigenvalue weighted by Crippen LogP contribution is 2.23. The number of hydrogen-bond donors (Lipinski definition) is 2. The zero-order chi connectivity index (χ0) is 35.7. The van der Waals surface area contributed by atoms with Crippen molar-refractivity contribution in [1.82, 2.24) is 24.4 Å². The number of aromatic nitrogens is 1. The molecule has 0 spiro atoms. The van der Waals surface area contributed by atoms with E-state index >= 15 is 0 Å². The number of thiazole rings is 1. The average molecular weight is 713 g/mol. The zero-order valence-corrected chi connectivity index (χ0v) is 30.7. The molecular weight excluding hydrogens is 665 g/mol. The SMILES string of the molecule is CON=Cc1ccc(S(=O)(=O)N(CC(C)C)C[C@@H](O)[C@H](Cc2ccccc2)NC(=O)[C@H](C(C)C)N2CCN(Cc3csc(C)n3)C2=O)cc1. The van der Waals surface area contributed by atoms with Crippen LogP contribution in [0.2, 0.25) is 0 Å². The first-order valence-corrected chi connectivity index (χ1v) is 18.8. The van der Waals surface area contributed by atoms with Crippen molar-refractivity contribution in [3.63, 3.8) is 0 Å². The maximum absolute atomic E-state index is 14.1. The fraction of sp³-hybridized carbons (Fsp3) is 0.486. The van der Waals surface area contributed by atoms with Gasteiger partial charge in [-0.1, -0.05) is 75.3 Å². The smallest absolute Gasteiger partial charge is 0.321 e. The van der Waals surface area contributed by atoms with Gasteiger partial charge in [-0.05, 0) is 48.4 Å². The highest BCUT2D eigenvalue weighted by Gasteiger charge is 2.40. The van der Waals surface area contributed by atoms with E-state index in [2.05, 4.69) is 15.5 Å². The lowest BCUT2D eigenvalue weighted by atomic mass is 9.97. The van der Waals surface area contributed by atoms with Crippen LogP contribution in [0.25, 0.3) is 0 Å². The first kappa shape index (κ1) is 38.0. The summed E-state index contributed by atoms with van der Waals surface area (Å²) in [7, 11) is -2.60. The van der Waals surface area contributed by atoms with Crippen LogP contribution in [0.1, 0.15) is 49.5 Å². The minimum atomic E-state index is -4.02. The zero-order valence-electron chi connectivity index (χ0n) is 29.0. The first-order chi connectivity index (χ1) is 23.3. The molecule has 1 aliphatic rings. The van der Waals surface area contributed by atoms with Crippen molar-refractivity contribution in [2.24, 2.45) is 17.0 Å². The van der Waals surface area contributed by atoms with Crippen molar-refractivity contribution < 1.29 is 28.0 Å². The number of sulfonamides is 1. The van der Waals surface area contributed by atoms with Crippen LogP contribution in [0.4, 0.5) is 4.79 Å². The minimum Gasteiger partial charge on any atom is -0.399 e. The lowest BCUT2D eigenvalue weighted by Gasteiger charge is -2.34. The number of hydrogen-bond acceptors (Lipinski definition) is 9. The Morgan fingerprint density at radius 2 is 1.80 bits per heavy atom. The second-order valence-electron chi connectivity index (χ2n) is 13.0. The fourth-order valence-electron chi connectivity index (χ4n) is 5.91. The van der Waals surface area contributed by atoms with E-state index in [1.807, 2.05) is 70.3 Å². The molecule has 0 saturated carbocycles. The summed E-state index contributed by atoms with van der Waals surface area (Å²) in [5, 5.41) is 21.4. The lowest BCUT2D eigenvalue weighted by Crippen LogP contribution is -2.57. The second-order valence-corrected chi connectivity index (χ2v) is 16.0. The summed E-state index contributed by atoms with van der Waals surface area (Å²) in [6, 6.07) is 13.8. The Labute approximate surface area is 293 Å². The van der Waals surface area contributed by atoms with Gasteiger partial charge in [0.2, 0.25) is 15.9 Å². The van der Waals surface area contributed by atoms with Crippen molar-refractivity contribution in [3.05, 3.63) is 81.8 Å². The number of aliphatic hydroxyl groups is 1. The average Bonchev–Trinajstić information content (AvgIpc) is 3.63. The monoisotopic (exact) mass is 712 g/mol. The molecule has 0 aliphatic carbocycles. The van der Waals surface area contributed by atoms with Gasteiger partial charge in [-0.25, -0.2) is 18.2 Å². The van der Waals surface area contributed by atoms with Crippen LogP contribution in [0.5, 0.6) is 0 Å². The normalized spacial score (nSPS) is 15.8. The summed E-state index contributed by atoms with van der Waals surface area (Å²) in [5.41, 5.74) is 2.34. The van der Waals surface area contributed by atoms with E-state index in [0.29, 0.717) is 25.2 Å². The van der Waals surface area contributed by atoms with Gasteiger partial charge < -0.3 is 25.1 Å². The Morgan fingerprint density at radius 3 is 2.39 bits per heavy atom. The quantitative estimate of drug-likeness (QED) is 0.158. The molecule has 2 N–H and O–H groups in total. The largest absolute Gasteiger partial charge is 0.399 e. The Kier molecular flexibility index (Phi) is 13.3. The van der Waals surface area contributed by atoms with Gasteiger partial charge in [0.25, 0.3) is 0 Å². The van der Waals surface area contributed by atoms with E-state index in [-0.39, 0.29) is 42.3 Å². The molecule has 3 aromatic rings. The number of oxime groups is 1. The van der Waals surface area contributed by atoms with E-state index in [1.165, 1.54) is 41.1 Å². The molecule has 4 rings (SSSR count). The molecule has 1 aromatic heterocycles. The molecule has 3 atom stereocenters. The topological polar surface area (TPSA) is 145 Å². The molecule has 0 radical (unpaired) electrons. The molecule has 1 saturated heterocycles. The van der Waals surface area contributed by atoms with Crippen molar-refractivity contribution in [2.75, 3.05) is 33.3 Å². The van der Waals surface area contributed by atoms with Gasteiger partial charge >= 0.3 is 6.03 Å². The molecule has 3 amide bonds. The summed E-state index contributed by atoms with van der Waals surface area (Å²) < 4.78 is 29.1. The molecule has 14 heteroatoms. The van der Waals surface area contributed by atoms with E-state index in [0.717, 1.165) is 16.3 Å². The van der Waals surface area contributed by atoms with Crippen molar-refractivity contribution in [2.45, 2.75) is 70.7 Å². The number of nitrogens with one attached hydrogen (secondary N) is 1. The number of carbonyl (C=O) groups is 2. The molecule has 0 unspecified atom stereocenters. The summed E-state index contributed by atoms with van der Waals surface area (Å²) >= 11 is 1.53. The molecule has 2 heterocycles. The molecule has 0 bridgehead atoms. The number of aliphatic hydroxyl groups excluding tert-OH is 1. The molecule has 12 nitrogen and oxygen atoms in total. The van der Waals surface area contributed by atoms with Gasteiger partial charge in [0.1, 0.15) is 13.2 Å². The number of rotatable bonds is 17. The Balaban J connectivity index is 1.56. The van der Waals surface area contributed by atoms with Gasteiger partial charge in [0.15, 0.2) is 0 Å². The van der Waals surface area contributed by atoms with Crippen LogP contribution in [0.15, 0.2) is 70.0 Å². The molecule has 266 valence electrons. The molecule has 1 aliphatic heterocycles. The standard InChI is InChI=1S/C35H48N6O6S2/c1-24(2)20-40(49(45,46)30-14-12-28(13-15-30)19-36-47-6)22-32(42)31(18-27-10-8-7-9-11-27)38-34(43)33(25(3)4)41-17-16-39(35(41)44)21-29-23-48-26(5)37-29/h7-15,19,23-25,31-33,42H,16-18,20-22H2,1-6H3,(H,38,43)/t31-,32+,33-/m0/s1. The second kappa shape index (κ2) is 17.2. The molecule has 49 heavy (non-hydrogen) atoms. The Morgan fingerprint density at radius 1 is 1.10 bits per heavy atom. The summed E-state index contributed by atoms with van der Waals surface area (Å²) in [5.74, 6) is -0.671. The minimum absolute atomic E-state index is 0.0418. The number of benzene rings is 2. The highest BCUT2D eigenvalue weighted by molar-refractivity contribution is 7.89. The third-order valence-corrected chi connectivity index (χ3v) is 10.9. The molecular formula is C35H48N6O6S2. The van der Waals surface area contributed by atoms with Gasteiger partial charge in [-0.15, -0.1) is 11.3 Å². The van der Waals surface area contributed by atoms with Crippen LogP contribution < -0.4 is 5.32 Å². The molecule has 2 aromatic carbocycles. The van der Waals surface area contributed by atoms with Crippen molar-refractivity contribution in [3.8, 4) is 0 Å². The third kappa shape index (κ3) is 10.1. The van der Waals surface area contributed by atoms with Crippen LogP contribution in [-0.4, -0.2) is 102 Å². The van der Waals surface area contributed by atoms with Crippen molar-refractivity contribution in [1.29, 1.82) is 0 Å². The van der Waals surface area contributed by atoms with E-state index < -0.39 is 34.1 Å². The first-order valence-electron chi connectivity index (χ1n) is 16.5. The van der Waals surface area contributed by atoms with Gasteiger partial charge in [0, 0.05) is 31.6 Å². The van der Waals surface area contributed by atoms with Crippen LogP contribution >= 0.6 is 11.3 Å². The van der Waals surface area contributed by atoms with Gasteiger partial charge in [-0.2, -0.15) is 4.31 Å². The van der Waals surface area contributed by atoms with E-state index in [9.17, 15) is 23.1 Å². The summed E-state index contributed by atoms with van der Waals surface area (Å²) in [6.45, 7) is 10.6. The Bertz CT molecular complexity index is 1660. The number of carbonyl (C=O) groups excluding carboxylic acids is 2. The van der Waals surface area contributed by atoms with Gasteiger partial charge in [-0.3, -0.25) is 4.79 Å². The fourth-order valence-corrected chi connectivity index (χ4v) is 8.13. The number of aryl methyl sites for hydroxylation is 1. The summed E-state index contributed by atoms with van der Waals surface area (Å²) in [4.78, 5) is 40.2. The van der Waals surface area contributed by atoms with E-state index in [4.69, 9.17) is 4.84 Å². The lowest BCUT2D eigenvalue weighted by molar-refractivity contribution is -0.128. The maximum Gasteiger partial charge on any atom is 0.321 e. The summed E-state index contributed by atoms with van der Waals surface area (Å²) in [6.07, 6.45) is 0.463. The third-order valence-electron chi connectivity index (χ3n) is 8.26. The highest BCUT2D eigenvalue weighted by atomic mass is 32.2. The van der Waals surface area contributed by atoms with Crippen LogP contribution in [0.3, 0.4) is 0 Å². The number of urea groups is 1. The molecule has 1 fully saturated rings. The predicted molar refractivity (Wildman–Crippen MR) is 191 cm³/mol. The van der Waals surface area contributed by atoms with Crippen molar-refractivity contribution >= 4 is 39.5 Å². The van der Waals surface area contributed by atoms with Crippen LogP contribution in [0, 0.1) is 18.8 Å². The number of amides is 3. The predicted octanol–water partition coefficient (Wildman–Crippen LogP) is 4.13. The Hall–Kier alpha value is -3.85. The number of nitrogens with zero attached hydrogens (tertiary/aromatic N) is 5. The maximum atomic E-state index is 14.1. The van der Waals surface area contributed by atoms with E-state index in [1.54, 1.807) is 21.9 Å².